The van der Waals surface area contributed by atoms with Crippen molar-refractivity contribution in [3.05, 3.63) is 111 Å². The van der Waals surface area contributed by atoms with Crippen LogP contribution in [0, 0.1) is 0 Å². The molecule has 5 rings (SSSR count). The summed E-state index contributed by atoms with van der Waals surface area (Å²) in [4.78, 5) is 0. The number of hydrogen-bond acceptors (Lipinski definition) is 0. The summed E-state index contributed by atoms with van der Waals surface area (Å²) in [5.41, 5.74) is 16.4. The molecule has 0 aromatic heterocycles. The lowest BCUT2D eigenvalue weighted by molar-refractivity contribution is 0.590. The summed E-state index contributed by atoms with van der Waals surface area (Å²) in [6.45, 7) is 27.9. The summed E-state index contributed by atoms with van der Waals surface area (Å²) in [6.07, 6.45) is 2.30. The maximum absolute atomic E-state index is 2.49. The molecule has 0 aromatic rings. The molecule has 1 heterocycles. The molecule has 0 amide bonds. The van der Waals surface area contributed by atoms with Crippen molar-refractivity contribution in [1.29, 1.82) is 0 Å². The molecule has 0 spiro atoms. The zero-order valence-corrected chi connectivity index (χ0v) is 28.7. The fraction of sp³-hybridized carbons (Fsp3) is 0.390. The number of hydrogen-bond donors (Lipinski definition) is 0. The van der Waals surface area contributed by atoms with E-state index in [1.54, 1.807) is 11.4 Å². The molecular weight excluding hydrogens is 525 g/mol. The summed E-state index contributed by atoms with van der Waals surface area (Å²) < 4.78 is 0. The molecular formula is C41H49S+. The van der Waals surface area contributed by atoms with Crippen LogP contribution in [-0.2, 0) is 33.0 Å². The van der Waals surface area contributed by atoms with Gasteiger partial charge in [0.2, 0.25) is 16.7 Å². The third kappa shape index (κ3) is 5.66. The van der Waals surface area contributed by atoms with Crippen molar-refractivity contribution in [1.82, 2.24) is 0 Å². The van der Waals surface area contributed by atoms with E-state index in [9.17, 15) is 0 Å². The average molecular weight is 574 g/mol. The van der Waals surface area contributed by atoms with E-state index < -0.39 is 0 Å². The van der Waals surface area contributed by atoms with Crippen LogP contribution in [0.3, 0.4) is 0 Å². The topological polar surface area (TPSA) is 0 Å². The smallest absolute Gasteiger partial charge is 0.0579 e. The Hall–Kier alpha value is -3.03. The molecule has 0 atom stereocenters. The third-order valence-corrected chi connectivity index (χ3v) is 9.42. The minimum Gasteiger partial charge on any atom is -0.0579 e. The molecule has 0 fully saturated rings. The predicted molar refractivity (Wildman–Crippen MR) is 190 cm³/mol. The van der Waals surface area contributed by atoms with Gasteiger partial charge in [0.15, 0.2) is 5.41 Å². The van der Waals surface area contributed by atoms with Crippen LogP contribution in [0.5, 0.6) is 0 Å². The number of fused-ring (bicyclic) bond motifs is 2. The molecule has 0 N–H and O–H groups in total. The van der Waals surface area contributed by atoms with E-state index in [1.807, 2.05) is 0 Å². The van der Waals surface area contributed by atoms with Gasteiger partial charge in [-0.2, -0.15) is 0 Å². The van der Waals surface area contributed by atoms with Crippen molar-refractivity contribution < 1.29 is 0 Å². The van der Waals surface area contributed by atoms with E-state index in [-0.39, 0.29) is 21.7 Å². The van der Waals surface area contributed by atoms with Gasteiger partial charge in [0, 0.05) is 17.2 Å². The van der Waals surface area contributed by atoms with E-state index in [0.717, 1.165) is 0 Å². The average Bonchev–Trinajstić information content (AvgIpc) is 3.49. The molecule has 0 unspecified atom stereocenters. The summed E-state index contributed by atoms with van der Waals surface area (Å²) in [7, 11) is 0. The lowest BCUT2D eigenvalue weighted by Gasteiger charge is -2.19. The van der Waals surface area contributed by atoms with E-state index in [1.165, 1.54) is 66.8 Å². The Morgan fingerprint density at radius 1 is 0.476 bits per heavy atom. The first-order chi connectivity index (χ1) is 19.4. The van der Waals surface area contributed by atoms with Gasteiger partial charge in [-0.05, 0) is 89.4 Å². The minimum atomic E-state index is 0.0191. The molecule has 0 nitrogen and oxygen atoms in total. The van der Waals surface area contributed by atoms with Gasteiger partial charge in [-0.1, -0.05) is 132 Å². The van der Waals surface area contributed by atoms with Crippen LogP contribution in [0.2, 0.25) is 0 Å². The normalized spacial score (nSPS) is 14.4. The largest absolute Gasteiger partial charge is 0.212 e. The SMILES string of the molecule is CC(C)(C)c1ccc2c(C(=C3C=C[S+]=C3)c3cc(C(C)(C)C)c4ccc(C(C)(C)C)ccc3-4)cc(C(C)(C)C)c-2cc1. The van der Waals surface area contributed by atoms with Gasteiger partial charge >= 0.3 is 0 Å². The van der Waals surface area contributed by atoms with Crippen LogP contribution in [0.15, 0.2) is 77.7 Å². The standard InChI is InChI=1S/C41H49S/c1-38(2,3)27-13-17-29-31(19-15-27)35(40(7,8)9)23-33(29)37(26-21-22-42-25-26)34-24-36(41(10,11)12)32-20-16-28(39(4,5)6)14-18-30(32)34/h13-25H,1-12H3/q+1. The van der Waals surface area contributed by atoms with Crippen LogP contribution in [0.25, 0.3) is 27.8 Å². The molecule has 4 aliphatic carbocycles. The van der Waals surface area contributed by atoms with Crippen LogP contribution in [0.4, 0.5) is 0 Å². The Morgan fingerprint density at radius 2 is 0.857 bits per heavy atom. The zero-order valence-electron chi connectivity index (χ0n) is 27.9. The zero-order chi connectivity index (χ0) is 30.8. The molecule has 1 heteroatoms. The molecule has 0 bridgehead atoms. The minimum absolute atomic E-state index is 0.0191. The molecule has 1 aliphatic heterocycles. The summed E-state index contributed by atoms with van der Waals surface area (Å²) in [5.74, 6) is 0. The highest BCUT2D eigenvalue weighted by Crippen LogP contribution is 2.49. The van der Waals surface area contributed by atoms with Crippen molar-refractivity contribution in [2.45, 2.75) is 105 Å². The number of rotatable bonds is 2. The van der Waals surface area contributed by atoms with Gasteiger partial charge < -0.3 is 0 Å². The molecule has 0 saturated heterocycles. The van der Waals surface area contributed by atoms with Crippen molar-refractivity contribution >= 4 is 22.3 Å². The first-order valence-corrected chi connectivity index (χ1v) is 16.4. The van der Waals surface area contributed by atoms with Gasteiger partial charge in [0.25, 0.3) is 0 Å². The van der Waals surface area contributed by atoms with Gasteiger partial charge in [0.1, 0.15) is 0 Å². The van der Waals surface area contributed by atoms with Gasteiger partial charge in [0.05, 0.1) is 0 Å². The third-order valence-electron chi connectivity index (χ3n) is 8.73. The fourth-order valence-electron chi connectivity index (χ4n) is 6.22. The lowest BCUT2D eigenvalue weighted by Crippen LogP contribution is -2.10. The monoisotopic (exact) mass is 573 g/mol. The predicted octanol–water partition coefficient (Wildman–Crippen LogP) is 11.3. The molecule has 0 radical (unpaired) electrons. The summed E-state index contributed by atoms with van der Waals surface area (Å²) in [6, 6.07) is 23.9. The van der Waals surface area contributed by atoms with Gasteiger partial charge in [-0.25, -0.2) is 0 Å². The maximum Gasteiger partial charge on any atom is 0.212 e. The summed E-state index contributed by atoms with van der Waals surface area (Å²) in [5, 5.41) is 4.55. The maximum atomic E-state index is 2.49. The summed E-state index contributed by atoms with van der Waals surface area (Å²) >= 11 is 1.78. The fourth-order valence-corrected chi connectivity index (χ4v) is 6.87. The van der Waals surface area contributed by atoms with Crippen molar-refractivity contribution in [3.8, 4) is 22.3 Å². The Kier molecular flexibility index (Phi) is 7.46. The van der Waals surface area contributed by atoms with E-state index >= 15 is 0 Å². The van der Waals surface area contributed by atoms with Crippen molar-refractivity contribution in [2.75, 3.05) is 0 Å². The lowest BCUT2D eigenvalue weighted by atomic mass is 9.85. The van der Waals surface area contributed by atoms with Crippen molar-refractivity contribution in [2.24, 2.45) is 0 Å². The highest BCUT2D eigenvalue weighted by molar-refractivity contribution is 7.81. The van der Waals surface area contributed by atoms with E-state index in [2.05, 4.69) is 161 Å². The number of allylic oxidation sites excluding steroid dienone is 2. The van der Waals surface area contributed by atoms with Crippen LogP contribution < -0.4 is 0 Å². The highest BCUT2D eigenvalue weighted by atomic mass is 32.1. The molecule has 5 aliphatic rings. The van der Waals surface area contributed by atoms with Crippen LogP contribution in [-0.4, -0.2) is 5.37 Å². The second-order valence-corrected chi connectivity index (χ2v) is 17.0. The molecule has 0 aromatic carbocycles. The Bertz CT molecular complexity index is 1550. The highest BCUT2D eigenvalue weighted by Gasteiger charge is 2.32. The molecule has 42 heavy (non-hydrogen) atoms. The van der Waals surface area contributed by atoms with E-state index in [4.69, 9.17) is 0 Å². The Morgan fingerprint density at radius 3 is 1.17 bits per heavy atom. The first-order valence-electron chi connectivity index (χ1n) is 15.4. The van der Waals surface area contributed by atoms with Gasteiger partial charge in [-0.3, -0.25) is 0 Å². The first kappa shape index (κ1) is 30.4. The van der Waals surface area contributed by atoms with Crippen LogP contribution >= 0.6 is 0 Å². The van der Waals surface area contributed by atoms with Crippen molar-refractivity contribution in [3.63, 3.8) is 0 Å². The second kappa shape index (κ2) is 10.3. The Labute approximate surface area is 259 Å². The molecule has 0 saturated carbocycles. The molecule has 218 valence electrons. The van der Waals surface area contributed by atoms with E-state index in [0.29, 0.717) is 0 Å². The second-order valence-electron chi connectivity index (χ2n) is 16.2. The van der Waals surface area contributed by atoms with Gasteiger partial charge in [-0.15, -0.1) is 0 Å². The Balaban J connectivity index is 1.90. The quantitative estimate of drug-likeness (QED) is 0.127. The van der Waals surface area contributed by atoms with Crippen LogP contribution in [0.1, 0.15) is 116 Å².